The summed E-state index contributed by atoms with van der Waals surface area (Å²) in [6, 6.07) is 0.0925. The average Bonchev–Trinajstić information content (AvgIpc) is 2.53. The van der Waals surface area contributed by atoms with E-state index in [9.17, 15) is 4.79 Å². The maximum absolute atomic E-state index is 12.6. The Bertz CT molecular complexity index is 291. The number of nitrogens with two attached hydrogens (primary N) is 1. The number of likely N-dealkylation sites (tertiary alicyclic amines) is 1. The minimum atomic E-state index is 0.0914. The highest BCUT2D eigenvalue weighted by Crippen LogP contribution is 2.32. The Morgan fingerprint density at radius 2 is 1.72 bits per heavy atom. The Morgan fingerprint density at radius 1 is 1.11 bits per heavy atom. The van der Waals surface area contributed by atoms with Crippen LogP contribution in [0.1, 0.15) is 58.8 Å². The van der Waals surface area contributed by atoms with Crippen LogP contribution in [-0.2, 0) is 4.79 Å². The molecule has 1 aliphatic carbocycles. The molecule has 1 heterocycles. The zero-order valence-corrected chi connectivity index (χ0v) is 12.0. The van der Waals surface area contributed by atoms with E-state index >= 15 is 0 Å². The van der Waals surface area contributed by atoms with E-state index in [0.717, 1.165) is 38.8 Å². The molecular weight excluding hydrogens is 224 g/mol. The maximum Gasteiger partial charge on any atom is 0.227 e. The van der Waals surface area contributed by atoms with Crippen molar-refractivity contribution in [2.75, 3.05) is 13.1 Å². The Balaban J connectivity index is 1.94. The fourth-order valence-corrected chi connectivity index (χ4v) is 3.21. The van der Waals surface area contributed by atoms with Crippen LogP contribution >= 0.6 is 0 Å². The summed E-state index contributed by atoms with van der Waals surface area (Å²) in [6.45, 7) is 6.45. The van der Waals surface area contributed by atoms with Crippen molar-refractivity contribution < 1.29 is 4.79 Å². The zero-order chi connectivity index (χ0) is 13.2. The second-order valence-electron chi connectivity index (χ2n) is 6.90. The van der Waals surface area contributed by atoms with Crippen molar-refractivity contribution >= 4 is 5.91 Å². The molecule has 0 aromatic heterocycles. The van der Waals surface area contributed by atoms with Crippen LogP contribution in [0.15, 0.2) is 0 Å². The summed E-state index contributed by atoms with van der Waals surface area (Å²) in [5.41, 5.74) is 6.60. The van der Waals surface area contributed by atoms with Crippen molar-refractivity contribution in [3.63, 3.8) is 0 Å². The summed E-state index contributed by atoms with van der Waals surface area (Å²) in [5.74, 6) is 0.425. The molecule has 1 saturated carbocycles. The largest absolute Gasteiger partial charge is 0.342 e. The molecule has 2 N–H and O–H groups in total. The molecule has 0 bridgehead atoms. The second-order valence-corrected chi connectivity index (χ2v) is 6.90. The molecule has 18 heavy (non-hydrogen) atoms. The van der Waals surface area contributed by atoms with Crippen molar-refractivity contribution in [2.24, 2.45) is 17.1 Å². The Kier molecular flexibility index (Phi) is 4.31. The number of hydrogen-bond donors (Lipinski definition) is 1. The van der Waals surface area contributed by atoms with Crippen LogP contribution in [0.4, 0.5) is 0 Å². The number of amides is 1. The fraction of sp³-hybridized carbons (Fsp3) is 0.933. The van der Waals surface area contributed by atoms with E-state index in [0.29, 0.717) is 11.3 Å². The summed E-state index contributed by atoms with van der Waals surface area (Å²) >= 11 is 0. The third kappa shape index (κ3) is 3.25. The highest BCUT2D eigenvalue weighted by molar-refractivity contribution is 5.79. The number of carbonyl (C=O) groups excluding carboxylic acids is 1. The molecule has 104 valence electrons. The van der Waals surface area contributed by atoms with Gasteiger partial charge in [-0.05, 0) is 31.1 Å². The van der Waals surface area contributed by atoms with Gasteiger partial charge in [-0.1, -0.05) is 33.1 Å². The van der Waals surface area contributed by atoms with Gasteiger partial charge in [-0.3, -0.25) is 4.79 Å². The molecule has 2 atom stereocenters. The summed E-state index contributed by atoms with van der Waals surface area (Å²) in [4.78, 5) is 14.6. The summed E-state index contributed by atoms with van der Waals surface area (Å²) in [7, 11) is 0. The number of hydrogen-bond acceptors (Lipinski definition) is 2. The standard InChI is InChI=1S/C15H28N2O/c1-15(2)8-10-17(11-9-15)14(18)12-6-4-3-5-7-13(12)16/h12-13H,3-11,16H2,1-2H3. The molecule has 0 aromatic rings. The van der Waals surface area contributed by atoms with Crippen LogP contribution in [0.5, 0.6) is 0 Å². The number of carbonyl (C=O) groups is 1. The lowest BCUT2D eigenvalue weighted by molar-refractivity contribution is -0.138. The van der Waals surface area contributed by atoms with Crippen LogP contribution < -0.4 is 5.73 Å². The molecule has 2 aliphatic rings. The van der Waals surface area contributed by atoms with Gasteiger partial charge in [0.05, 0.1) is 5.92 Å². The third-order valence-corrected chi connectivity index (χ3v) is 4.82. The average molecular weight is 252 g/mol. The van der Waals surface area contributed by atoms with Gasteiger partial charge in [-0.15, -0.1) is 0 Å². The predicted octanol–water partition coefficient (Wildman–Crippen LogP) is 2.54. The van der Waals surface area contributed by atoms with Gasteiger partial charge in [0.2, 0.25) is 5.91 Å². The number of nitrogens with zero attached hydrogens (tertiary/aromatic N) is 1. The van der Waals surface area contributed by atoms with Gasteiger partial charge < -0.3 is 10.6 Å². The van der Waals surface area contributed by atoms with Gasteiger partial charge in [0.1, 0.15) is 0 Å². The fourth-order valence-electron chi connectivity index (χ4n) is 3.21. The summed E-state index contributed by atoms with van der Waals surface area (Å²) < 4.78 is 0. The smallest absolute Gasteiger partial charge is 0.227 e. The molecule has 1 saturated heterocycles. The first-order chi connectivity index (χ1) is 8.49. The summed E-state index contributed by atoms with van der Waals surface area (Å²) in [6.07, 6.45) is 7.88. The second kappa shape index (κ2) is 5.60. The Morgan fingerprint density at radius 3 is 2.39 bits per heavy atom. The van der Waals surface area contributed by atoms with Crippen LogP contribution in [-0.4, -0.2) is 29.9 Å². The van der Waals surface area contributed by atoms with E-state index in [1.807, 2.05) is 0 Å². The van der Waals surface area contributed by atoms with E-state index < -0.39 is 0 Å². The van der Waals surface area contributed by atoms with Crippen molar-refractivity contribution in [1.29, 1.82) is 0 Å². The lowest BCUT2D eigenvalue weighted by Gasteiger charge is -2.39. The SMILES string of the molecule is CC1(C)CCN(C(=O)C2CCCCCC2N)CC1. The normalized spacial score (nSPS) is 32.9. The van der Waals surface area contributed by atoms with Crippen LogP contribution in [0.25, 0.3) is 0 Å². The first-order valence-electron chi connectivity index (χ1n) is 7.54. The monoisotopic (exact) mass is 252 g/mol. The lowest BCUT2D eigenvalue weighted by atomic mass is 9.82. The third-order valence-electron chi connectivity index (χ3n) is 4.82. The summed E-state index contributed by atoms with van der Waals surface area (Å²) in [5, 5.41) is 0. The molecule has 0 radical (unpaired) electrons. The maximum atomic E-state index is 12.6. The van der Waals surface area contributed by atoms with Crippen LogP contribution in [0.3, 0.4) is 0 Å². The van der Waals surface area contributed by atoms with Gasteiger partial charge in [0, 0.05) is 19.1 Å². The predicted molar refractivity (Wildman–Crippen MR) is 74.1 cm³/mol. The van der Waals surface area contributed by atoms with Gasteiger partial charge in [0.25, 0.3) is 0 Å². The van der Waals surface area contributed by atoms with Crippen LogP contribution in [0.2, 0.25) is 0 Å². The molecule has 3 nitrogen and oxygen atoms in total. The molecule has 2 fully saturated rings. The number of piperidine rings is 1. The van der Waals surface area contributed by atoms with E-state index in [4.69, 9.17) is 5.73 Å². The van der Waals surface area contributed by atoms with E-state index in [1.165, 1.54) is 19.3 Å². The van der Waals surface area contributed by atoms with Crippen molar-refractivity contribution in [2.45, 2.75) is 64.8 Å². The highest BCUT2D eigenvalue weighted by atomic mass is 16.2. The first-order valence-corrected chi connectivity index (χ1v) is 7.54. The molecular formula is C15H28N2O. The first kappa shape index (κ1) is 13.9. The molecule has 2 unspecified atom stereocenters. The van der Waals surface area contributed by atoms with E-state index in [2.05, 4.69) is 18.7 Å². The number of rotatable bonds is 1. The van der Waals surface area contributed by atoms with Crippen molar-refractivity contribution in [3.8, 4) is 0 Å². The minimum absolute atomic E-state index is 0.0914. The Hall–Kier alpha value is -0.570. The van der Waals surface area contributed by atoms with E-state index in [-0.39, 0.29) is 12.0 Å². The lowest BCUT2D eigenvalue weighted by Crippen LogP contribution is -2.48. The highest BCUT2D eigenvalue weighted by Gasteiger charge is 2.34. The van der Waals surface area contributed by atoms with Gasteiger partial charge >= 0.3 is 0 Å². The van der Waals surface area contributed by atoms with Crippen LogP contribution in [0, 0.1) is 11.3 Å². The van der Waals surface area contributed by atoms with Gasteiger partial charge in [0.15, 0.2) is 0 Å². The minimum Gasteiger partial charge on any atom is -0.342 e. The molecule has 3 heteroatoms. The topological polar surface area (TPSA) is 46.3 Å². The van der Waals surface area contributed by atoms with Gasteiger partial charge in [-0.25, -0.2) is 0 Å². The van der Waals surface area contributed by atoms with Crippen molar-refractivity contribution in [3.05, 3.63) is 0 Å². The molecule has 0 aromatic carbocycles. The van der Waals surface area contributed by atoms with Gasteiger partial charge in [-0.2, -0.15) is 0 Å². The Labute approximate surface area is 111 Å². The molecule has 0 spiro atoms. The molecule has 1 aliphatic heterocycles. The molecule has 2 rings (SSSR count). The quantitative estimate of drug-likeness (QED) is 0.729. The zero-order valence-electron chi connectivity index (χ0n) is 12.0. The molecule has 1 amide bonds. The van der Waals surface area contributed by atoms with E-state index in [1.54, 1.807) is 0 Å². The van der Waals surface area contributed by atoms with Crippen molar-refractivity contribution in [1.82, 2.24) is 4.90 Å².